The van der Waals surface area contributed by atoms with Gasteiger partial charge in [-0.1, -0.05) is 32.0 Å². The molecule has 4 N–H and O–H groups in total. The summed E-state index contributed by atoms with van der Waals surface area (Å²) in [6, 6.07) is 7.75. The first-order valence-corrected chi connectivity index (χ1v) is 10.1. The van der Waals surface area contributed by atoms with E-state index >= 15 is 0 Å². The summed E-state index contributed by atoms with van der Waals surface area (Å²) in [6.45, 7) is 5.43. The number of nitrogens with one attached hydrogen (secondary N) is 1. The van der Waals surface area contributed by atoms with E-state index in [0.29, 0.717) is 31.5 Å². The Bertz CT molecular complexity index is 1140. The minimum absolute atomic E-state index is 0.197. The lowest BCUT2D eigenvalue weighted by Gasteiger charge is -2.23. The fourth-order valence-corrected chi connectivity index (χ4v) is 4.36. The van der Waals surface area contributed by atoms with Gasteiger partial charge < -0.3 is 15.4 Å². The number of quaternary nitrogens is 1. The maximum absolute atomic E-state index is 13.2. The van der Waals surface area contributed by atoms with Gasteiger partial charge in [0.25, 0.3) is 5.56 Å². The zero-order valence-electron chi connectivity index (χ0n) is 16.4. The highest BCUT2D eigenvalue weighted by molar-refractivity contribution is 5.85. The van der Waals surface area contributed by atoms with Crippen molar-refractivity contribution < 1.29 is 10.4 Å². The van der Waals surface area contributed by atoms with Gasteiger partial charge in [0.2, 0.25) is 5.88 Å². The standard InChI is InChI=1S/C21H26N4O3/c1-3-11-24-19(26)16(20(27)25(12-4-2)21(24)28)18-17-14(9-10-22-18)13-7-5-6-8-15(13)23-17/h5-8,18,22-23,26H,3-4,9-12H2,1-2H3/p+1/t18-/m0/s1. The van der Waals surface area contributed by atoms with E-state index in [0.717, 1.165) is 29.6 Å². The van der Waals surface area contributed by atoms with E-state index < -0.39 is 5.69 Å². The smallest absolute Gasteiger partial charge is 0.333 e. The number of H-pyrrole nitrogens is 1. The summed E-state index contributed by atoms with van der Waals surface area (Å²) in [5.74, 6) is -0.197. The molecule has 1 atom stereocenters. The number of nitrogens with two attached hydrogens (primary N) is 1. The molecule has 0 fully saturated rings. The lowest BCUT2D eigenvalue weighted by molar-refractivity contribution is -0.690. The first-order chi connectivity index (χ1) is 13.6. The molecule has 0 unspecified atom stereocenters. The average Bonchev–Trinajstić information content (AvgIpc) is 3.08. The van der Waals surface area contributed by atoms with Crippen LogP contribution in [0.1, 0.15) is 49.6 Å². The number of para-hydroxylation sites is 1. The van der Waals surface area contributed by atoms with Crippen molar-refractivity contribution in [2.24, 2.45) is 0 Å². The van der Waals surface area contributed by atoms with E-state index in [1.807, 2.05) is 32.0 Å². The molecule has 0 spiro atoms. The summed E-state index contributed by atoms with van der Waals surface area (Å²) >= 11 is 0. The molecule has 4 rings (SSSR count). The lowest BCUT2D eigenvalue weighted by atomic mass is 9.95. The number of rotatable bonds is 5. The van der Waals surface area contributed by atoms with Crippen molar-refractivity contribution >= 4 is 10.9 Å². The monoisotopic (exact) mass is 383 g/mol. The predicted octanol–water partition coefficient (Wildman–Crippen LogP) is 1.23. The third-order valence-electron chi connectivity index (χ3n) is 5.59. The van der Waals surface area contributed by atoms with E-state index in [-0.39, 0.29) is 17.5 Å². The fraction of sp³-hybridized carbons (Fsp3) is 0.429. The molecule has 0 aliphatic carbocycles. The fourth-order valence-electron chi connectivity index (χ4n) is 4.36. The maximum Gasteiger partial charge on any atom is 0.333 e. The summed E-state index contributed by atoms with van der Waals surface area (Å²) in [5, 5.41) is 14.2. The SMILES string of the molecule is CCCn1c(O)c([C@@H]2[NH2+]CCc3c2[nH]c2ccccc32)c(=O)n(CCC)c1=O. The number of fused-ring (bicyclic) bond motifs is 3. The Hall–Kier alpha value is -2.80. The van der Waals surface area contributed by atoms with Crippen molar-refractivity contribution in [1.82, 2.24) is 14.1 Å². The first-order valence-electron chi connectivity index (χ1n) is 10.1. The quantitative estimate of drug-likeness (QED) is 0.618. The van der Waals surface area contributed by atoms with Crippen LogP contribution in [0.25, 0.3) is 10.9 Å². The average molecular weight is 383 g/mol. The van der Waals surface area contributed by atoms with Gasteiger partial charge in [0, 0.05) is 30.4 Å². The third-order valence-corrected chi connectivity index (χ3v) is 5.59. The van der Waals surface area contributed by atoms with Crippen LogP contribution >= 0.6 is 0 Å². The highest BCUT2D eigenvalue weighted by Gasteiger charge is 2.35. The molecule has 0 saturated heterocycles. The normalized spacial score (nSPS) is 16.4. The van der Waals surface area contributed by atoms with Gasteiger partial charge in [-0.15, -0.1) is 0 Å². The van der Waals surface area contributed by atoms with Crippen molar-refractivity contribution in [3.8, 4) is 5.88 Å². The van der Waals surface area contributed by atoms with Gasteiger partial charge in [-0.3, -0.25) is 13.9 Å². The van der Waals surface area contributed by atoms with Gasteiger partial charge in [0.1, 0.15) is 5.56 Å². The second-order valence-corrected chi connectivity index (χ2v) is 7.44. The largest absolute Gasteiger partial charge is 0.494 e. The summed E-state index contributed by atoms with van der Waals surface area (Å²) in [5.41, 5.74) is 2.66. The Morgan fingerprint density at radius 3 is 2.61 bits per heavy atom. The molecule has 7 heteroatoms. The molecule has 0 saturated carbocycles. The number of hydrogen-bond donors (Lipinski definition) is 3. The lowest BCUT2D eigenvalue weighted by Crippen LogP contribution is -2.88. The molecule has 0 radical (unpaired) electrons. The number of nitrogens with zero attached hydrogens (tertiary/aromatic N) is 2. The van der Waals surface area contributed by atoms with E-state index in [2.05, 4.69) is 16.4 Å². The molecule has 7 nitrogen and oxygen atoms in total. The van der Waals surface area contributed by atoms with Crippen molar-refractivity contribution in [3.05, 3.63) is 61.9 Å². The second-order valence-electron chi connectivity index (χ2n) is 7.44. The van der Waals surface area contributed by atoms with E-state index in [9.17, 15) is 14.7 Å². The van der Waals surface area contributed by atoms with Crippen molar-refractivity contribution in [2.45, 2.75) is 52.2 Å². The van der Waals surface area contributed by atoms with Gasteiger partial charge in [-0.05, 0) is 24.5 Å². The molecule has 148 valence electrons. The molecule has 1 aliphatic heterocycles. The Balaban J connectivity index is 1.98. The van der Waals surface area contributed by atoms with Gasteiger partial charge in [0.15, 0.2) is 6.04 Å². The van der Waals surface area contributed by atoms with E-state index in [1.54, 1.807) is 0 Å². The van der Waals surface area contributed by atoms with Gasteiger partial charge in [-0.2, -0.15) is 0 Å². The number of benzene rings is 1. The van der Waals surface area contributed by atoms with Crippen LogP contribution in [-0.2, 0) is 19.5 Å². The highest BCUT2D eigenvalue weighted by Crippen LogP contribution is 2.32. The summed E-state index contributed by atoms with van der Waals surface area (Å²) in [7, 11) is 0. The zero-order chi connectivity index (χ0) is 19.8. The topological polar surface area (TPSA) is 96.6 Å². The van der Waals surface area contributed by atoms with Crippen LogP contribution in [0.4, 0.5) is 0 Å². The highest BCUT2D eigenvalue weighted by atomic mass is 16.3. The molecule has 3 heterocycles. The molecule has 1 aromatic carbocycles. The van der Waals surface area contributed by atoms with Gasteiger partial charge >= 0.3 is 5.69 Å². The molecular formula is C21H27N4O3+. The van der Waals surface area contributed by atoms with Crippen LogP contribution < -0.4 is 16.6 Å². The summed E-state index contributed by atoms with van der Waals surface area (Å²) < 4.78 is 2.62. The Labute approximate surface area is 162 Å². The minimum Gasteiger partial charge on any atom is -0.494 e. The third kappa shape index (κ3) is 2.77. The van der Waals surface area contributed by atoms with Crippen LogP contribution in [0, 0.1) is 0 Å². The summed E-state index contributed by atoms with van der Waals surface area (Å²) in [6.07, 6.45) is 2.27. The molecule has 0 amide bonds. The Kier molecular flexibility index (Phi) is 4.85. The molecule has 28 heavy (non-hydrogen) atoms. The van der Waals surface area contributed by atoms with Crippen LogP contribution in [-0.4, -0.2) is 25.8 Å². The van der Waals surface area contributed by atoms with Crippen molar-refractivity contribution in [3.63, 3.8) is 0 Å². The van der Waals surface area contributed by atoms with Crippen molar-refractivity contribution in [1.29, 1.82) is 0 Å². The van der Waals surface area contributed by atoms with Gasteiger partial charge in [0.05, 0.1) is 12.2 Å². The first kappa shape index (κ1) is 18.6. The number of aromatic hydroxyl groups is 1. The molecule has 1 aliphatic rings. The van der Waals surface area contributed by atoms with Crippen LogP contribution in [0.2, 0.25) is 0 Å². The Morgan fingerprint density at radius 1 is 1.14 bits per heavy atom. The number of hydrogen-bond acceptors (Lipinski definition) is 3. The van der Waals surface area contributed by atoms with Crippen LogP contribution in [0.5, 0.6) is 5.88 Å². The predicted molar refractivity (Wildman–Crippen MR) is 108 cm³/mol. The molecule has 0 bridgehead atoms. The Morgan fingerprint density at radius 2 is 1.86 bits per heavy atom. The summed E-state index contributed by atoms with van der Waals surface area (Å²) in [4.78, 5) is 29.5. The molecular weight excluding hydrogens is 356 g/mol. The van der Waals surface area contributed by atoms with Gasteiger partial charge in [-0.25, -0.2) is 4.79 Å². The number of aromatic nitrogens is 3. The van der Waals surface area contributed by atoms with Crippen LogP contribution in [0.3, 0.4) is 0 Å². The minimum atomic E-state index is -0.428. The molecule has 3 aromatic rings. The van der Waals surface area contributed by atoms with Crippen molar-refractivity contribution in [2.75, 3.05) is 6.54 Å². The number of aromatic amines is 1. The maximum atomic E-state index is 13.2. The molecule has 2 aromatic heterocycles. The zero-order valence-corrected chi connectivity index (χ0v) is 16.4. The second kappa shape index (κ2) is 7.31. The van der Waals surface area contributed by atoms with E-state index in [1.165, 1.54) is 14.7 Å². The van der Waals surface area contributed by atoms with E-state index in [4.69, 9.17) is 0 Å². The van der Waals surface area contributed by atoms with Crippen LogP contribution in [0.15, 0.2) is 33.9 Å².